The first kappa shape index (κ1) is 44.7. The molecule has 0 radical (unpaired) electrons. The smallest absolute Gasteiger partial charge is 0.254 e. The highest BCUT2D eigenvalue weighted by atomic mass is 19.1. The summed E-state index contributed by atoms with van der Waals surface area (Å²) in [5.41, 5.74) is 3.18. The van der Waals surface area contributed by atoms with Gasteiger partial charge in [-0.1, -0.05) is 27.7 Å². The number of anilines is 1. The second-order valence-corrected chi connectivity index (χ2v) is 19.1. The van der Waals surface area contributed by atoms with E-state index in [2.05, 4.69) is 68.0 Å². The fraction of sp³-hybridized carbons (Fsp3) is 0.531. The number of amides is 2. The number of carbonyl (C=O) groups is 4. The predicted molar refractivity (Wildman–Crippen MR) is 233 cm³/mol. The maximum Gasteiger partial charge on any atom is 0.254 e. The first-order valence-corrected chi connectivity index (χ1v) is 21.9. The van der Waals surface area contributed by atoms with Crippen LogP contribution in [-0.4, -0.2) is 97.0 Å². The first-order valence-electron chi connectivity index (χ1n) is 21.9. The molecule has 0 bridgehead atoms. The maximum atomic E-state index is 14.7. The second-order valence-electron chi connectivity index (χ2n) is 19.1. The van der Waals surface area contributed by atoms with E-state index in [0.29, 0.717) is 30.0 Å². The third kappa shape index (κ3) is 9.23. The SMILES string of the molecule is Cc1cc(OC2C(C)(C)C(NC(=O)c3ccc(N4CCOC(CN(C(C)C)C5CC(Oc6ccc(F)c(C(=O)N[C@H]7CCC(=O)CC7=O)c6)C5)C4)cc3)C2(C)C)cc(C)c1C#N. The number of rotatable bonds is 13. The van der Waals surface area contributed by atoms with Crippen molar-refractivity contribution < 1.29 is 37.8 Å². The number of halogens is 1. The van der Waals surface area contributed by atoms with Crippen molar-refractivity contribution in [1.82, 2.24) is 15.5 Å². The Balaban J connectivity index is 0.899. The summed E-state index contributed by atoms with van der Waals surface area (Å²) in [6.45, 7) is 19.4. The zero-order chi connectivity index (χ0) is 44.7. The Morgan fingerprint density at radius 3 is 2.26 bits per heavy atom. The van der Waals surface area contributed by atoms with Gasteiger partial charge in [0.2, 0.25) is 0 Å². The molecule has 3 aromatic rings. The molecule has 0 spiro atoms. The van der Waals surface area contributed by atoms with Gasteiger partial charge in [0.05, 0.1) is 42.4 Å². The lowest BCUT2D eigenvalue weighted by molar-refractivity contribution is -0.164. The summed E-state index contributed by atoms with van der Waals surface area (Å²) in [6, 6.07) is 17.6. The molecule has 1 aliphatic heterocycles. The molecule has 62 heavy (non-hydrogen) atoms. The van der Waals surface area contributed by atoms with Gasteiger partial charge in [-0.3, -0.25) is 24.1 Å². The van der Waals surface area contributed by atoms with Crippen LogP contribution in [0, 0.1) is 41.8 Å². The van der Waals surface area contributed by atoms with E-state index in [1.165, 1.54) is 18.2 Å². The molecule has 330 valence electrons. The Labute approximate surface area is 364 Å². The third-order valence-corrected chi connectivity index (χ3v) is 13.5. The Bertz CT molecular complexity index is 2210. The van der Waals surface area contributed by atoms with E-state index < -0.39 is 17.8 Å². The number of nitrogens with zero attached hydrogens (tertiary/aromatic N) is 3. The van der Waals surface area contributed by atoms with Gasteiger partial charge in [-0.15, -0.1) is 0 Å². The minimum absolute atomic E-state index is 0.0308. The quantitative estimate of drug-likeness (QED) is 0.175. The number of nitriles is 1. The van der Waals surface area contributed by atoms with Crippen molar-refractivity contribution in [3.05, 3.63) is 88.2 Å². The van der Waals surface area contributed by atoms with E-state index in [9.17, 15) is 28.8 Å². The van der Waals surface area contributed by atoms with Crippen molar-refractivity contribution in [2.24, 2.45) is 10.8 Å². The summed E-state index contributed by atoms with van der Waals surface area (Å²) in [5.74, 6) is -0.926. The Hall–Kier alpha value is -5.32. The van der Waals surface area contributed by atoms with Crippen LogP contribution in [-0.2, 0) is 14.3 Å². The van der Waals surface area contributed by atoms with Crippen molar-refractivity contribution >= 4 is 29.1 Å². The summed E-state index contributed by atoms with van der Waals surface area (Å²) < 4.78 is 33.8. The highest BCUT2D eigenvalue weighted by Crippen LogP contribution is 2.55. The highest BCUT2D eigenvalue weighted by molar-refractivity contribution is 6.06. The Morgan fingerprint density at radius 1 is 0.952 bits per heavy atom. The molecule has 2 amide bonds. The largest absolute Gasteiger partial charge is 0.490 e. The van der Waals surface area contributed by atoms with E-state index in [4.69, 9.17) is 14.2 Å². The fourth-order valence-electron chi connectivity index (χ4n) is 10.3. The number of ketones is 2. The maximum absolute atomic E-state index is 14.7. The monoisotopic (exact) mass is 849 g/mol. The normalized spacial score (nSPS) is 25.4. The van der Waals surface area contributed by atoms with E-state index in [-0.39, 0.29) is 89.6 Å². The van der Waals surface area contributed by atoms with Crippen LogP contribution < -0.4 is 25.0 Å². The topological polar surface area (TPSA) is 150 Å². The van der Waals surface area contributed by atoms with Crippen LogP contribution >= 0.6 is 0 Å². The molecule has 1 unspecified atom stereocenters. The number of benzene rings is 3. The van der Waals surface area contributed by atoms with Gasteiger partial charge in [-0.2, -0.15) is 5.26 Å². The predicted octanol–water partition coefficient (Wildman–Crippen LogP) is 6.87. The van der Waals surface area contributed by atoms with Crippen LogP contribution in [0.5, 0.6) is 11.5 Å². The molecule has 2 atom stereocenters. The molecule has 3 aliphatic carbocycles. The molecule has 4 aliphatic rings. The number of hydrogen-bond acceptors (Lipinski definition) is 10. The van der Waals surface area contributed by atoms with Crippen molar-refractivity contribution in [2.45, 2.75) is 130 Å². The fourth-order valence-corrected chi connectivity index (χ4v) is 10.3. The Kier molecular flexibility index (Phi) is 12.8. The Morgan fingerprint density at radius 2 is 1.63 bits per heavy atom. The van der Waals surface area contributed by atoms with Gasteiger partial charge in [0.25, 0.3) is 11.8 Å². The van der Waals surface area contributed by atoms with Crippen LogP contribution in [0.15, 0.2) is 54.6 Å². The standard InChI is InChI=1S/C49H60FN5O7/c1-28(2)55(33-21-37(22-33)61-35-14-15-41(50)39(24-35)45(59)52-42-16-13-34(56)23-43(42)57)27-38-26-54(17-18-60-38)32-11-9-31(10-12-32)44(58)53-46-48(5,6)47(49(46,7)8)62-36-19-29(3)40(25-51)30(4)20-36/h9-12,14-15,19-20,24,28,33,37-38,42,46-47H,13,16-18,21-23,26-27H2,1-8H3,(H,52,59)(H,53,58)/t33?,37?,38?,42-,46?,47?/m0/s1. The third-order valence-electron chi connectivity index (χ3n) is 13.5. The number of carbonyl (C=O) groups excluding carboxylic acids is 4. The molecule has 1 saturated heterocycles. The molecule has 3 saturated carbocycles. The number of morpholine rings is 1. The molecule has 7 rings (SSSR count). The number of aryl methyl sites for hydroxylation is 2. The highest BCUT2D eigenvalue weighted by Gasteiger charge is 2.64. The van der Waals surface area contributed by atoms with Gasteiger partial charge >= 0.3 is 0 Å². The second kappa shape index (κ2) is 17.8. The van der Waals surface area contributed by atoms with Crippen LogP contribution in [0.2, 0.25) is 0 Å². The summed E-state index contributed by atoms with van der Waals surface area (Å²) in [7, 11) is 0. The van der Waals surface area contributed by atoms with E-state index in [1.807, 2.05) is 50.2 Å². The molecule has 1 heterocycles. The molecular formula is C49H60FN5O7. The molecule has 4 fully saturated rings. The average molecular weight is 850 g/mol. The average Bonchev–Trinajstić information content (AvgIpc) is 3.20. The van der Waals surface area contributed by atoms with Gasteiger partial charge in [0, 0.05) is 79.1 Å². The van der Waals surface area contributed by atoms with E-state index >= 15 is 0 Å². The van der Waals surface area contributed by atoms with Crippen LogP contribution in [0.3, 0.4) is 0 Å². The van der Waals surface area contributed by atoms with Crippen molar-refractivity contribution in [1.29, 1.82) is 5.26 Å². The summed E-state index contributed by atoms with van der Waals surface area (Å²) in [6.07, 6.45) is 1.46. The molecule has 3 aromatic carbocycles. The van der Waals surface area contributed by atoms with E-state index in [1.54, 1.807) is 0 Å². The molecule has 12 nitrogen and oxygen atoms in total. The lowest BCUT2D eigenvalue weighted by atomic mass is 9.49. The van der Waals surface area contributed by atoms with Crippen LogP contribution in [0.25, 0.3) is 0 Å². The zero-order valence-electron chi connectivity index (χ0n) is 37.2. The van der Waals surface area contributed by atoms with Crippen molar-refractivity contribution in [3.63, 3.8) is 0 Å². The molecular weight excluding hydrogens is 790 g/mol. The van der Waals surface area contributed by atoms with Gasteiger partial charge in [-0.25, -0.2) is 4.39 Å². The molecule has 2 N–H and O–H groups in total. The van der Waals surface area contributed by atoms with Crippen LogP contribution in [0.1, 0.15) is 111 Å². The van der Waals surface area contributed by atoms with Gasteiger partial charge < -0.3 is 29.7 Å². The zero-order valence-corrected chi connectivity index (χ0v) is 37.2. The van der Waals surface area contributed by atoms with Gasteiger partial charge in [0.15, 0.2) is 5.78 Å². The van der Waals surface area contributed by atoms with Gasteiger partial charge in [0.1, 0.15) is 35.3 Å². The van der Waals surface area contributed by atoms with Gasteiger partial charge in [-0.05, 0) is 99.8 Å². The summed E-state index contributed by atoms with van der Waals surface area (Å²) >= 11 is 0. The minimum atomic E-state index is -0.802. The number of Topliss-reactive ketones (excluding diaryl/α,β-unsaturated/α-hetero) is 2. The number of hydrogen-bond donors (Lipinski definition) is 2. The minimum Gasteiger partial charge on any atom is -0.490 e. The van der Waals surface area contributed by atoms with Crippen molar-refractivity contribution in [2.75, 3.05) is 31.1 Å². The first-order chi connectivity index (χ1) is 29.3. The number of nitrogens with one attached hydrogen (secondary N) is 2. The summed E-state index contributed by atoms with van der Waals surface area (Å²) in [5, 5.41) is 15.4. The lowest BCUT2D eigenvalue weighted by Crippen LogP contribution is -2.74. The summed E-state index contributed by atoms with van der Waals surface area (Å²) in [4.78, 5) is 55.1. The lowest BCUT2D eigenvalue weighted by Gasteiger charge is -2.63. The molecule has 13 heteroatoms. The van der Waals surface area contributed by atoms with E-state index in [0.717, 1.165) is 48.5 Å². The number of ether oxygens (including phenoxy) is 3. The van der Waals surface area contributed by atoms with Crippen molar-refractivity contribution in [3.8, 4) is 17.6 Å². The van der Waals surface area contributed by atoms with Crippen LogP contribution in [0.4, 0.5) is 10.1 Å². The molecule has 0 aromatic heterocycles.